The zero-order valence-corrected chi connectivity index (χ0v) is 7.29. The lowest BCUT2D eigenvalue weighted by Gasteiger charge is -2.29. The van der Waals surface area contributed by atoms with Crippen molar-refractivity contribution in [1.82, 2.24) is 10.1 Å². The Morgan fingerprint density at radius 1 is 1.38 bits per heavy atom. The smallest absolute Gasteiger partial charge is 0.264 e. The van der Waals surface area contributed by atoms with Crippen LogP contribution in [0.2, 0.25) is 0 Å². The van der Waals surface area contributed by atoms with Crippen LogP contribution in [0.4, 0.5) is 4.39 Å². The van der Waals surface area contributed by atoms with E-state index in [0.717, 1.165) is 19.3 Å². The number of alkyl halides is 1. The first kappa shape index (κ1) is 7.47. The molecule has 0 saturated heterocycles. The van der Waals surface area contributed by atoms with Gasteiger partial charge in [0.05, 0.1) is 0 Å². The Kier molecular flexibility index (Phi) is 1.32. The van der Waals surface area contributed by atoms with Crippen LogP contribution in [0.1, 0.15) is 49.7 Å². The summed E-state index contributed by atoms with van der Waals surface area (Å²) in [5.41, 5.74) is -1.29. The Labute approximate surface area is 75.3 Å². The van der Waals surface area contributed by atoms with Gasteiger partial charge >= 0.3 is 0 Å². The van der Waals surface area contributed by atoms with Crippen LogP contribution in [0, 0.1) is 0 Å². The molecule has 0 aliphatic heterocycles. The zero-order chi connectivity index (χ0) is 8.89. The molecule has 1 aromatic heterocycles. The van der Waals surface area contributed by atoms with Gasteiger partial charge in [0.1, 0.15) is 0 Å². The van der Waals surface area contributed by atoms with Crippen molar-refractivity contribution in [2.45, 2.75) is 43.7 Å². The highest BCUT2D eigenvalue weighted by Crippen LogP contribution is 2.45. The van der Waals surface area contributed by atoms with Crippen molar-refractivity contribution in [1.29, 1.82) is 0 Å². The molecule has 0 N–H and O–H groups in total. The van der Waals surface area contributed by atoms with Crippen LogP contribution in [-0.2, 0) is 5.67 Å². The van der Waals surface area contributed by atoms with Crippen LogP contribution in [0.3, 0.4) is 0 Å². The van der Waals surface area contributed by atoms with Crippen LogP contribution in [0.5, 0.6) is 0 Å². The number of halogens is 1. The van der Waals surface area contributed by atoms with E-state index in [9.17, 15) is 4.39 Å². The van der Waals surface area contributed by atoms with E-state index in [1.165, 1.54) is 0 Å². The van der Waals surface area contributed by atoms with Crippen molar-refractivity contribution in [3.05, 3.63) is 11.7 Å². The Hall–Kier alpha value is -0.930. The van der Waals surface area contributed by atoms with E-state index >= 15 is 0 Å². The molecule has 0 amide bonds. The van der Waals surface area contributed by atoms with Crippen molar-refractivity contribution in [2.24, 2.45) is 0 Å². The second-order valence-corrected chi connectivity index (χ2v) is 4.05. The first-order chi connectivity index (χ1) is 6.28. The Balaban J connectivity index is 1.87. The van der Waals surface area contributed by atoms with Gasteiger partial charge < -0.3 is 4.52 Å². The Bertz CT molecular complexity index is 328. The van der Waals surface area contributed by atoms with Crippen molar-refractivity contribution in [3.8, 4) is 0 Å². The molecule has 0 radical (unpaired) electrons. The highest BCUT2D eigenvalue weighted by Gasteiger charge is 2.45. The minimum atomic E-state index is -1.29. The first-order valence-corrected chi connectivity index (χ1v) is 4.81. The van der Waals surface area contributed by atoms with E-state index in [1.54, 1.807) is 0 Å². The lowest BCUT2D eigenvalue weighted by molar-refractivity contribution is 0.0242. The van der Waals surface area contributed by atoms with Crippen molar-refractivity contribution < 1.29 is 8.91 Å². The predicted octanol–water partition coefficient (Wildman–Crippen LogP) is 2.30. The SMILES string of the molecule is FC1(c2nc(C3CC3)no2)CCC1. The number of rotatable bonds is 2. The second-order valence-electron chi connectivity index (χ2n) is 4.05. The Morgan fingerprint density at radius 3 is 2.69 bits per heavy atom. The normalized spacial score (nSPS) is 25.6. The molecule has 2 aliphatic carbocycles. The molecule has 0 atom stereocenters. The molecule has 2 fully saturated rings. The van der Waals surface area contributed by atoms with E-state index < -0.39 is 5.67 Å². The molecule has 2 aliphatic rings. The minimum absolute atomic E-state index is 0.209. The molecule has 2 saturated carbocycles. The summed E-state index contributed by atoms with van der Waals surface area (Å²) in [6.07, 6.45) is 4.26. The van der Waals surface area contributed by atoms with Gasteiger partial charge in [-0.2, -0.15) is 4.98 Å². The number of nitrogens with zero attached hydrogens (tertiary/aromatic N) is 2. The van der Waals surface area contributed by atoms with Gasteiger partial charge in [-0.25, -0.2) is 4.39 Å². The molecule has 70 valence electrons. The third-order valence-electron chi connectivity index (χ3n) is 2.91. The average molecular weight is 182 g/mol. The maximum Gasteiger partial charge on any atom is 0.264 e. The minimum Gasteiger partial charge on any atom is -0.336 e. The number of hydrogen-bond acceptors (Lipinski definition) is 3. The van der Waals surface area contributed by atoms with Crippen LogP contribution in [0.15, 0.2) is 4.52 Å². The van der Waals surface area contributed by atoms with E-state index in [1.807, 2.05) is 0 Å². The molecule has 3 nitrogen and oxygen atoms in total. The van der Waals surface area contributed by atoms with Gasteiger partial charge in [-0.3, -0.25) is 0 Å². The van der Waals surface area contributed by atoms with E-state index in [2.05, 4.69) is 10.1 Å². The van der Waals surface area contributed by atoms with E-state index in [0.29, 0.717) is 24.6 Å². The maximum absolute atomic E-state index is 13.7. The fourth-order valence-electron chi connectivity index (χ4n) is 1.63. The maximum atomic E-state index is 13.7. The summed E-state index contributed by atoms with van der Waals surface area (Å²) in [5, 5.41) is 3.80. The molecule has 1 heterocycles. The van der Waals surface area contributed by atoms with Crippen LogP contribution in [-0.4, -0.2) is 10.1 Å². The molecule has 0 bridgehead atoms. The van der Waals surface area contributed by atoms with Crippen molar-refractivity contribution >= 4 is 0 Å². The molecule has 0 unspecified atom stereocenters. The molecule has 4 heteroatoms. The third kappa shape index (κ3) is 1.08. The topological polar surface area (TPSA) is 38.9 Å². The summed E-state index contributed by atoms with van der Waals surface area (Å²) < 4.78 is 18.7. The Morgan fingerprint density at radius 2 is 2.15 bits per heavy atom. The highest BCUT2D eigenvalue weighted by molar-refractivity contribution is 5.09. The lowest BCUT2D eigenvalue weighted by atomic mass is 9.82. The summed E-state index contributed by atoms with van der Waals surface area (Å²) in [7, 11) is 0. The zero-order valence-electron chi connectivity index (χ0n) is 7.29. The van der Waals surface area contributed by atoms with Crippen LogP contribution in [0.25, 0.3) is 0 Å². The standard InChI is InChI=1S/C9H11FN2O/c10-9(4-1-5-9)8-11-7(12-13-8)6-2-3-6/h6H,1-5H2. The summed E-state index contributed by atoms with van der Waals surface area (Å²) in [5.74, 6) is 1.36. The monoisotopic (exact) mass is 182 g/mol. The van der Waals surface area contributed by atoms with Gasteiger partial charge in [0, 0.05) is 5.92 Å². The molecule has 3 rings (SSSR count). The van der Waals surface area contributed by atoms with E-state index in [4.69, 9.17) is 4.52 Å². The second kappa shape index (κ2) is 2.30. The fraction of sp³-hybridized carbons (Fsp3) is 0.778. The van der Waals surface area contributed by atoms with Crippen molar-refractivity contribution in [2.75, 3.05) is 0 Å². The largest absolute Gasteiger partial charge is 0.336 e. The predicted molar refractivity (Wildman–Crippen MR) is 42.9 cm³/mol. The molecular weight excluding hydrogens is 171 g/mol. The molecule has 0 aromatic carbocycles. The molecule has 0 spiro atoms. The summed E-state index contributed by atoms with van der Waals surface area (Å²) in [4.78, 5) is 4.11. The lowest BCUT2D eigenvalue weighted by Crippen LogP contribution is -2.29. The molecule has 13 heavy (non-hydrogen) atoms. The van der Waals surface area contributed by atoms with Gasteiger partial charge in [-0.05, 0) is 32.1 Å². The summed E-state index contributed by atoms with van der Waals surface area (Å²) in [6.45, 7) is 0. The third-order valence-corrected chi connectivity index (χ3v) is 2.91. The summed E-state index contributed by atoms with van der Waals surface area (Å²) in [6, 6.07) is 0. The van der Waals surface area contributed by atoms with Gasteiger partial charge in [0.15, 0.2) is 11.5 Å². The number of aromatic nitrogens is 2. The molecule has 1 aromatic rings. The van der Waals surface area contributed by atoms with Crippen molar-refractivity contribution in [3.63, 3.8) is 0 Å². The first-order valence-electron chi connectivity index (χ1n) is 4.81. The van der Waals surface area contributed by atoms with Gasteiger partial charge in [-0.15, -0.1) is 0 Å². The van der Waals surface area contributed by atoms with Gasteiger partial charge in [0.25, 0.3) is 5.89 Å². The van der Waals surface area contributed by atoms with Crippen LogP contribution >= 0.6 is 0 Å². The number of hydrogen-bond donors (Lipinski definition) is 0. The quantitative estimate of drug-likeness (QED) is 0.704. The van der Waals surface area contributed by atoms with Gasteiger partial charge in [-0.1, -0.05) is 5.16 Å². The summed E-state index contributed by atoms with van der Waals surface area (Å²) >= 11 is 0. The fourth-order valence-corrected chi connectivity index (χ4v) is 1.63. The van der Waals surface area contributed by atoms with Crippen LogP contribution < -0.4 is 0 Å². The average Bonchev–Trinajstić information content (AvgIpc) is 2.80. The highest BCUT2D eigenvalue weighted by atomic mass is 19.1. The van der Waals surface area contributed by atoms with E-state index in [-0.39, 0.29) is 5.89 Å². The molecular formula is C9H11FN2O. The van der Waals surface area contributed by atoms with Gasteiger partial charge in [0.2, 0.25) is 0 Å².